The number of esters is 1. The first kappa shape index (κ1) is 22.0. The van der Waals surface area contributed by atoms with Crippen LogP contribution in [0.5, 0.6) is 0 Å². The summed E-state index contributed by atoms with van der Waals surface area (Å²) in [6.07, 6.45) is 1.87. The number of hydrazone groups is 1. The summed E-state index contributed by atoms with van der Waals surface area (Å²) in [5, 5.41) is 17.2. The predicted molar refractivity (Wildman–Crippen MR) is 119 cm³/mol. The normalized spacial score (nSPS) is 15.2. The second-order valence-electron chi connectivity index (χ2n) is 7.13. The number of carbonyl (C=O) groups is 2. The molecule has 33 heavy (non-hydrogen) atoms. The predicted octanol–water partition coefficient (Wildman–Crippen LogP) is 3.96. The zero-order valence-corrected chi connectivity index (χ0v) is 17.8. The minimum absolute atomic E-state index is 0.00395. The van der Waals surface area contributed by atoms with Crippen molar-refractivity contribution in [3.63, 3.8) is 0 Å². The van der Waals surface area contributed by atoms with Gasteiger partial charge in [-0.1, -0.05) is 23.7 Å². The number of nitrogens with two attached hydrogens (primary N) is 1. The molecule has 4 rings (SSSR count). The molecular formula is C22H17ClN4O6. The highest BCUT2D eigenvalue weighted by molar-refractivity contribution is 6.30. The van der Waals surface area contributed by atoms with Gasteiger partial charge in [-0.25, -0.2) is 9.80 Å². The first-order valence-corrected chi connectivity index (χ1v) is 10.1. The number of nitro groups is 1. The Bertz CT molecular complexity index is 1240. The van der Waals surface area contributed by atoms with Crippen molar-refractivity contribution in [3.05, 3.63) is 92.9 Å². The van der Waals surface area contributed by atoms with Crippen LogP contribution in [0.4, 0.5) is 11.4 Å². The Kier molecular flexibility index (Phi) is 6.09. The van der Waals surface area contributed by atoms with Crippen molar-refractivity contribution in [3.8, 4) is 0 Å². The lowest BCUT2D eigenvalue weighted by Gasteiger charge is -2.19. The number of nitrogen functional groups attached to an aromatic ring is 1. The molecule has 1 aliphatic heterocycles. The maximum atomic E-state index is 12.9. The van der Waals surface area contributed by atoms with E-state index in [1.54, 1.807) is 36.4 Å². The van der Waals surface area contributed by atoms with Gasteiger partial charge in [-0.15, -0.1) is 0 Å². The molecule has 11 heteroatoms. The summed E-state index contributed by atoms with van der Waals surface area (Å²) in [6.45, 7) is -0.643. The van der Waals surface area contributed by atoms with Crippen LogP contribution in [-0.2, 0) is 9.53 Å². The van der Waals surface area contributed by atoms with E-state index in [0.29, 0.717) is 22.9 Å². The molecule has 0 spiro atoms. The Labute approximate surface area is 192 Å². The van der Waals surface area contributed by atoms with Crippen molar-refractivity contribution in [1.29, 1.82) is 0 Å². The number of furan rings is 1. The number of hydrogen-bond acceptors (Lipinski definition) is 8. The minimum atomic E-state index is -0.958. The average molecular weight is 469 g/mol. The summed E-state index contributed by atoms with van der Waals surface area (Å²) >= 11 is 5.95. The Morgan fingerprint density at radius 2 is 2.00 bits per heavy atom. The van der Waals surface area contributed by atoms with E-state index in [0.717, 1.165) is 11.6 Å². The van der Waals surface area contributed by atoms with E-state index in [4.69, 9.17) is 26.5 Å². The number of ether oxygens (including phenoxy) is 1. The van der Waals surface area contributed by atoms with Crippen LogP contribution in [0.1, 0.15) is 34.1 Å². The highest BCUT2D eigenvalue weighted by Crippen LogP contribution is 2.33. The second-order valence-corrected chi connectivity index (χ2v) is 7.57. The number of carbonyl (C=O) groups excluding carboxylic acids is 2. The lowest BCUT2D eigenvalue weighted by molar-refractivity contribution is -0.384. The van der Waals surface area contributed by atoms with E-state index in [2.05, 4.69) is 5.10 Å². The number of non-ortho nitro benzene ring substituents is 1. The van der Waals surface area contributed by atoms with Gasteiger partial charge in [-0.05, 0) is 35.9 Å². The average Bonchev–Trinajstić information content (AvgIpc) is 3.48. The quantitative estimate of drug-likeness (QED) is 0.250. The number of anilines is 1. The van der Waals surface area contributed by atoms with Crippen LogP contribution in [0.15, 0.2) is 70.4 Å². The first-order valence-electron chi connectivity index (χ1n) is 9.73. The van der Waals surface area contributed by atoms with Gasteiger partial charge in [0.15, 0.2) is 6.61 Å². The first-order chi connectivity index (χ1) is 15.8. The van der Waals surface area contributed by atoms with Gasteiger partial charge in [0.05, 0.1) is 22.5 Å². The number of nitrogens with zero attached hydrogens (tertiary/aromatic N) is 3. The van der Waals surface area contributed by atoms with Crippen LogP contribution < -0.4 is 5.73 Å². The SMILES string of the molecule is Nc1ccc([N+](=O)[O-])cc1C(=O)OCC(=O)N1N=C(c2ccc(Cl)cc2)CC1c1ccco1. The van der Waals surface area contributed by atoms with Crippen LogP contribution in [0.2, 0.25) is 5.02 Å². The van der Waals surface area contributed by atoms with Crippen LogP contribution in [0, 0.1) is 10.1 Å². The Morgan fingerprint density at radius 1 is 1.24 bits per heavy atom. The summed E-state index contributed by atoms with van der Waals surface area (Å²) in [4.78, 5) is 35.6. The van der Waals surface area contributed by atoms with Crippen molar-refractivity contribution in [2.24, 2.45) is 5.10 Å². The van der Waals surface area contributed by atoms with Crippen molar-refractivity contribution in [2.45, 2.75) is 12.5 Å². The zero-order valence-electron chi connectivity index (χ0n) is 17.0. The fourth-order valence-corrected chi connectivity index (χ4v) is 3.49. The molecule has 1 atom stereocenters. The third-order valence-corrected chi connectivity index (χ3v) is 5.26. The molecule has 0 radical (unpaired) electrons. The molecule has 168 valence electrons. The Hall–Kier alpha value is -4.18. The lowest BCUT2D eigenvalue weighted by atomic mass is 10.0. The summed E-state index contributed by atoms with van der Waals surface area (Å²) in [5.74, 6) is -1.04. The lowest BCUT2D eigenvalue weighted by Crippen LogP contribution is -2.31. The second kappa shape index (κ2) is 9.13. The summed E-state index contributed by atoms with van der Waals surface area (Å²) in [7, 11) is 0. The minimum Gasteiger partial charge on any atom is -0.467 e. The molecule has 0 saturated carbocycles. The van der Waals surface area contributed by atoms with Gasteiger partial charge in [0.25, 0.3) is 11.6 Å². The van der Waals surface area contributed by atoms with Gasteiger partial charge in [-0.3, -0.25) is 14.9 Å². The molecule has 2 N–H and O–H groups in total. The molecule has 0 bridgehead atoms. The number of hydrogen-bond donors (Lipinski definition) is 1. The molecule has 10 nitrogen and oxygen atoms in total. The largest absolute Gasteiger partial charge is 0.467 e. The van der Waals surface area contributed by atoms with E-state index < -0.39 is 29.4 Å². The molecule has 0 fully saturated rings. The van der Waals surface area contributed by atoms with Crippen LogP contribution in [0.25, 0.3) is 0 Å². The van der Waals surface area contributed by atoms with E-state index >= 15 is 0 Å². The van der Waals surface area contributed by atoms with Gasteiger partial charge >= 0.3 is 5.97 Å². The number of halogens is 1. The van der Waals surface area contributed by atoms with E-state index in [1.165, 1.54) is 23.4 Å². The molecule has 1 aliphatic rings. The van der Waals surface area contributed by atoms with Gasteiger partial charge in [0, 0.05) is 29.3 Å². The van der Waals surface area contributed by atoms with Crippen LogP contribution in [0.3, 0.4) is 0 Å². The highest BCUT2D eigenvalue weighted by Gasteiger charge is 2.35. The molecule has 2 heterocycles. The van der Waals surface area contributed by atoms with Crippen molar-refractivity contribution in [2.75, 3.05) is 12.3 Å². The van der Waals surface area contributed by atoms with Gasteiger partial charge in [0.2, 0.25) is 0 Å². The molecular weight excluding hydrogens is 452 g/mol. The van der Waals surface area contributed by atoms with E-state index in [-0.39, 0.29) is 16.9 Å². The van der Waals surface area contributed by atoms with E-state index in [1.807, 2.05) is 0 Å². The Morgan fingerprint density at radius 3 is 2.67 bits per heavy atom. The number of rotatable bonds is 6. The highest BCUT2D eigenvalue weighted by atomic mass is 35.5. The molecule has 1 unspecified atom stereocenters. The molecule has 0 saturated heterocycles. The molecule has 1 amide bonds. The number of nitro benzene ring substituents is 1. The van der Waals surface area contributed by atoms with E-state index in [9.17, 15) is 19.7 Å². The molecule has 2 aromatic carbocycles. The third kappa shape index (κ3) is 4.70. The Balaban J connectivity index is 1.52. The van der Waals surface area contributed by atoms with Crippen LogP contribution >= 0.6 is 11.6 Å². The molecule has 1 aromatic heterocycles. The molecule has 0 aliphatic carbocycles. The maximum absolute atomic E-state index is 12.9. The smallest absolute Gasteiger partial charge is 0.341 e. The number of benzene rings is 2. The topological polar surface area (TPSA) is 141 Å². The van der Waals surface area contributed by atoms with Gasteiger partial charge in [-0.2, -0.15) is 5.10 Å². The van der Waals surface area contributed by atoms with Crippen molar-refractivity contribution >= 4 is 40.6 Å². The summed E-state index contributed by atoms with van der Waals surface area (Å²) in [6, 6.07) is 13.3. The summed E-state index contributed by atoms with van der Waals surface area (Å²) in [5.41, 5.74) is 6.63. The maximum Gasteiger partial charge on any atom is 0.341 e. The standard InChI is InChI=1S/C22H17ClN4O6/c23-14-5-3-13(4-6-14)18-11-19(20-2-1-9-32-20)26(25-18)21(28)12-33-22(29)16-10-15(27(30)31)7-8-17(16)24/h1-10,19H,11-12,24H2. The van der Waals surface area contributed by atoms with Crippen molar-refractivity contribution < 1.29 is 23.7 Å². The van der Waals surface area contributed by atoms with Crippen LogP contribution in [-0.4, -0.2) is 34.1 Å². The third-order valence-electron chi connectivity index (χ3n) is 5.01. The fourth-order valence-electron chi connectivity index (χ4n) is 3.37. The number of amides is 1. The van der Waals surface area contributed by atoms with Gasteiger partial charge < -0.3 is 14.9 Å². The summed E-state index contributed by atoms with van der Waals surface area (Å²) < 4.78 is 10.6. The zero-order chi connectivity index (χ0) is 23.5. The monoisotopic (exact) mass is 468 g/mol. The van der Waals surface area contributed by atoms with Crippen molar-refractivity contribution in [1.82, 2.24) is 5.01 Å². The van der Waals surface area contributed by atoms with Gasteiger partial charge in [0.1, 0.15) is 11.8 Å². The fraction of sp³-hybridized carbons (Fsp3) is 0.136. The molecule has 3 aromatic rings.